The highest BCUT2D eigenvalue weighted by atomic mass is 32.7. The zero-order valence-electron chi connectivity index (χ0n) is 9.13. The van der Waals surface area contributed by atoms with Gasteiger partial charge in [-0.05, 0) is 25.2 Å². The average molecular weight is 276 g/mol. The van der Waals surface area contributed by atoms with E-state index in [1.54, 1.807) is 13.8 Å². The van der Waals surface area contributed by atoms with Gasteiger partial charge < -0.3 is 9.05 Å². The number of rotatable bonds is 8. The fraction of sp³-hybridized carbons (Fsp3) is 1.00. The maximum Gasteiger partial charge on any atom is 0.389 e. The van der Waals surface area contributed by atoms with Gasteiger partial charge in [-0.3, -0.25) is 0 Å². The first-order chi connectivity index (χ1) is 6.83. The van der Waals surface area contributed by atoms with E-state index in [2.05, 4.69) is 0 Å². The molecular formula is C7H17O5PS2. The van der Waals surface area contributed by atoms with Crippen LogP contribution in [-0.4, -0.2) is 39.4 Å². The second-order valence-electron chi connectivity index (χ2n) is 2.75. The number of sulfone groups is 1. The van der Waals surface area contributed by atoms with Crippen LogP contribution in [0.3, 0.4) is 0 Å². The van der Waals surface area contributed by atoms with Crippen LogP contribution in [0.1, 0.15) is 13.8 Å². The molecule has 0 aromatic heterocycles. The Morgan fingerprint density at radius 2 is 1.67 bits per heavy atom. The summed E-state index contributed by atoms with van der Waals surface area (Å²) >= 11 is 0.932. The molecule has 0 aromatic carbocycles. The molecule has 0 fully saturated rings. The van der Waals surface area contributed by atoms with Crippen LogP contribution in [0.25, 0.3) is 0 Å². The van der Waals surface area contributed by atoms with Crippen molar-refractivity contribution in [2.24, 2.45) is 0 Å². The molecule has 5 nitrogen and oxygen atoms in total. The summed E-state index contributed by atoms with van der Waals surface area (Å²) in [7, 11) is -3.03. The van der Waals surface area contributed by atoms with Crippen molar-refractivity contribution in [3.63, 3.8) is 0 Å². The lowest BCUT2D eigenvalue weighted by atomic mass is 10.9. The van der Waals surface area contributed by atoms with Gasteiger partial charge in [0.25, 0.3) is 0 Å². The molecule has 8 heteroatoms. The summed E-state index contributed by atoms with van der Waals surface area (Å²) < 4.78 is 43.5. The molecule has 0 atom stereocenters. The van der Waals surface area contributed by atoms with Gasteiger partial charge in [0.15, 0.2) is 0 Å². The molecule has 0 amide bonds. The highest BCUT2D eigenvalue weighted by molar-refractivity contribution is 8.55. The van der Waals surface area contributed by atoms with Crippen LogP contribution in [0.2, 0.25) is 0 Å². The van der Waals surface area contributed by atoms with Crippen molar-refractivity contribution in [2.45, 2.75) is 13.8 Å². The summed E-state index contributed by atoms with van der Waals surface area (Å²) in [4.78, 5) is 0. The van der Waals surface area contributed by atoms with Gasteiger partial charge in [-0.1, -0.05) is 0 Å². The molecule has 0 aliphatic heterocycles. The largest absolute Gasteiger partial charge is 0.389 e. The molecule has 0 aliphatic carbocycles. The van der Waals surface area contributed by atoms with Crippen molar-refractivity contribution in [3.05, 3.63) is 0 Å². The quantitative estimate of drug-likeness (QED) is 0.631. The Hall–Kier alpha value is 0.450. The molecule has 0 bridgehead atoms. The molecule has 0 aromatic rings. The standard InChI is InChI=1S/C7H17O5PS2/c1-4-11-13(8,12-5-2)14-6-7-15(3,9)10/h4-7H2,1-3H3. The van der Waals surface area contributed by atoms with E-state index in [-0.39, 0.29) is 24.7 Å². The summed E-state index contributed by atoms with van der Waals surface area (Å²) in [5.74, 6) is 0.192. The minimum Gasteiger partial charge on any atom is -0.301 e. The highest BCUT2D eigenvalue weighted by Crippen LogP contribution is 2.60. The van der Waals surface area contributed by atoms with E-state index in [0.717, 1.165) is 17.6 Å². The van der Waals surface area contributed by atoms with Gasteiger partial charge in [0.05, 0.1) is 19.0 Å². The van der Waals surface area contributed by atoms with E-state index < -0.39 is 16.6 Å². The van der Waals surface area contributed by atoms with E-state index in [0.29, 0.717) is 0 Å². The summed E-state index contributed by atoms with van der Waals surface area (Å²) in [6.07, 6.45) is 1.14. The van der Waals surface area contributed by atoms with Crippen LogP contribution in [0.15, 0.2) is 0 Å². The molecule has 0 heterocycles. The highest BCUT2D eigenvalue weighted by Gasteiger charge is 2.24. The van der Waals surface area contributed by atoms with Crippen molar-refractivity contribution in [2.75, 3.05) is 31.0 Å². The number of hydrogen-bond acceptors (Lipinski definition) is 6. The van der Waals surface area contributed by atoms with E-state index in [1.807, 2.05) is 0 Å². The fourth-order valence-electron chi connectivity index (χ4n) is 0.728. The van der Waals surface area contributed by atoms with Crippen molar-refractivity contribution in [1.82, 2.24) is 0 Å². The van der Waals surface area contributed by atoms with Crippen molar-refractivity contribution in [1.29, 1.82) is 0 Å². The van der Waals surface area contributed by atoms with E-state index in [9.17, 15) is 13.0 Å². The molecule has 15 heavy (non-hydrogen) atoms. The molecule has 0 N–H and O–H groups in total. The zero-order chi connectivity index (χ0) is 11.9. The Balaban J connectivity index is 4.13. The molecule has 0 unspecified atom stereocenters. The SMILES string of the molecule is CCOP(=O)(OCC)SCCS(C)(=O)=O. The third kappa shape index (κ3) is 8.28. The zero-order valence-corrected chi connectivity index (χ0v) is 11.7. The molecule has 0 spiro atoms. The summed E-state index contributed by atoms with van der Waals surface area (Å²) in [5, 5.41) is 0. The van der Waals surface area contributed by atoms with Crippen LogP contribution < -0.4 is 0 Å². The summed E-state index contributed by atoms with van der Waals surface area (Å²) in [6, 6.07) is 0. The van der Waals surface area contributed by atoms with Crippen LogP contribution in [0.5, 0.6) is 0 Å². The minimum absolute atomic E-state index is 0.0260. The van der Waals surface area contributed by atoms with Crippen LogP contribution >= 0.6 is 18.2 Å². The topological polar surface area (TPSA) is 69.7 Å². The molecule has 0 saturated heterocycles. The Morgan fingerprint density at radius 3 is 2.00 bits per heavy atom. The van der Waals surface area contributed by atoms with E-state index in [4.69, 9.17) is 9.05 Å². The van der Waals surface area contributed by atoms with Gasteiger partial charge in [-0.2, -0.15) is 0 Å². The second-order valence-corrected chi connectivity index (χ2v) is 9.20. The van der Waals surface area contributed by atoms with Gasteiger partial charge >= 0.3 is 6.80 Å². The van der Waals surface area contributed by atoms with Gasteiger partial charge in [0.1, 0.15) is 9.84 Å². The minimum atomic E-state index is -3.15. The molecule has 0 aliphatic rings. The van der Waals surface area contributed by atoms with Crippen molar-refractivity contribution >= 4 is 28.0 Å². The molecule has 92 valence electrons. The Kier molecular flexibility index (Phi) is 7.12. The second kappa shape index (κ2) is 6.91. The van der Waals surface area contributed by atoms with E-state index >= 15 is 0 Å². The summed E-state index contributed by atoms with van der Waals surface area (Å²) in [5.41, 5.74) is 0. The average Bonchev–Trinajstić information content (AvgIpc) is 2.01. The first-order valence-corrected chi connectivity index (χ1v) is 9.73. The smallest absolute Gasteiger partial charge is 0.301 e. The first-order valence-electron chi connectivity index (χ1n) is 4.54. The van der Waals surface area contributed by atoms with Gasteiger partial charge in [0.2, 0.25) is 0 Å². The van der Waals surface area contributed by atoms with E-state index in [1.165, 1.54) is 0 Å². The Labute approximate surface area is 95.1 Å². The summed E-state index contributed by atoms with van der Waals surface area (Å²) in [6.45, 7) is 0.831. The number of hydrogen-bond donors (Lipinski definition) is 0. The van der Waals surface area contributed by atoms with Crippen LogP contribution in [0.4, 0.5) is 0 Å². The maximum atomic E-state index is 11.8. The normalized spacial score (nSPS) is 13.0. The van der Waals surface area contributed by atoms with Gasteiger partial charge in [-0.15, -0.1) is 0 Å². The monoisotopic (exact) mass is 276 g/mol. The molecule has 0 rings (SSSR count). The third-order valence-corrected chi connectivity index (χ3v) is 6.46. The molecule has 0 saturated carbocycles. The third-order valence-electron chi connectivity index (χ3n) is 1.28. The lowest BCUT2D eigenvalue weighted by Crippen LogP contribution is -2.05. The van der Waals surface area contributed by atoms with Gasteiger partial charge in [0, 0.05) is 12.0 Å². The Bertz CT molecular complexity index is 303. The lowest BCUT2D eigenvalue weighted by molar-refractivity contribution is 0.237. The van der Waals surface area contributed by atoms with Crippen molar-refractivity contribution in [3.8, 4) is 0 Å². The van der Waals surface area contributed by atoms with Crippen LogP contribution in [-0.2, 0) is 23.4 Å². The van der Waals surface area contributed by atoms with Gasteiger partial charge in [-0.25, -0.2) is 13.0 Å². The predicted molar refractivity (Wildman–Crippen MR) is 63.0 cm³/mol. The lowest BCUT2D eigenvalue weighted by Gasteiger charge is -2.15. The molecule has 0 radical (unpaired) electrons. The molecular weight excluding hydrogens is 259 g/mol. The van der Waals surface area contributed by atoms with Crippen LogP contribution in [0, 0.1) is 0 Å². The fourth-order valence-corrected chi connectivity index (χ4v) is 5.74. The Morgan fingerprint density at radius 1 is 1.20 bits per heavy atom. The first kappa shape index (κ1) is 15.4. The maximum absolute atomic E-state index is 11.8. The predicted octanol–water partition coefficient (Wildman–Crippen LogP) is 1.95. The van der Waals surface area contributed by atoms with Crippen molar-refractivity contribution < 1.29 is 22.0 Å².